The summed E-state index contributed by atoms with van der Waals surface area (Å²) < 4.78 is 0. The maximum Gasteiger partial charge on any atom is 0.334 e. The van der Waals surface area contributed by atoms with E-state index in [0.717, 1.165) is 18.4 Å². The summed E-state index contributed by atoms with van der Waals surface area (Å²) in [4.78, 5) is 37.3. The summed E-state index contributed by atoms with van der Waals surface area (Å²) in [6, 6.07) is 6.76. The molecule has 1 aromatic carbocycles. The van der Waals surface area contributed by atoms with Crippen molar-refractivity contribution in [2.24, 2.45) is 16.7 Å². The minimum Gasteiger partial charge on any atom is -0.479 e. The molecule has 0 aromatic heterocycles. The number of hydrogen-bond donors (Lipinski definition) is 3. The second kappa shape index (κ2) is 7.12. The van der Waals surface area contributed by atoms with Gasteiger partial charge in [-0.15, -0.1) is 0 Å². The number of benzene rings is 1. The highest BCUT2D eigenvalue weighted by atomic mass is 16.4. The molecule has 1 aliphatic heterocycles. The highest BCUT2D eigenvalue weighted by molar-refractivity contribution is 6.35. The number of carboxylic acid groups (broad SMARTS) is 1. The van der Waals surface area contributed by atoms with Gasteiger partial charge in [0.2, 0.25) is 11.3 Å². The monoisotopic (exact) mass is 346 g/mol. The molecule has 0 spiro atoms. The number of likely N-dealkylation sites (tertiary alicyclic amines) is 1. The van der Waals surface area contributed by atoms with Gasteiger partial charge in [0.15, 0.2) is 6.29 Å². The molecule has 8 nitrogen and oxygen atoms in total. The van der Waals surface area contributed by atoms with Gasteiger partial charge in [-0.1, -0.05) is 24.3 Å². The SMILES string of the molecule is CC(c1ccc(C=NN)cc1)(N1CCCC1)C(N)(C(=O)O)C(=O)C=O. The molecule has 0 bridgehead atoms. The Morgan fingerprint density at radius 3 is 2.24 bits per heavy atom. The zero-order chi connectivity index (χ0) is 18.7. The number of nitrogens with two attached hydrogens (primary N) is 2. The summed E-state index contributed by atoms with van der Waals surface area (Å²) in [7, 11) is 0. The van der Waals surface area contributed by atoms with Crippen molar-refractivity contribution in [3.8, 4) is 0 Å². The summed E-state index contributed by atoms with van der Waals surface area (Å²) in [6.07, 6.45) is 3.15. The molecule has 2 rings (SSSR count). The smallest absolute Gasteiger partial charge is 0.334 e. The highest BCUT2D eigenvalue weighted by Gasteiger charge is 2.60. The number of hydrogen-bond acceptors (Lipinski definition) is 7. The minimum atomic E-state index is -2.40. The molecule has 1 aromatic rings. The number of rotatable bonds is 7. The third kappa shape index (κ3) is 2.94. The van der Waals surface area contributed by atoms with E-state index in [9.17, 15) is 19.5 Å². The number of carboxylic acids is 1. The normalized spacial score (nSPS) is 20.1. The quantitative estimate of drug-likeness (QED) is 0.156. The Morgan fingerprint density at radius 2 is 1.80 bits per heavy atom. The highest BCUT2D eigenvalue weighted by Crippen LogP contribution is 2.40. The van der Waals surface area contributed by atoms with Gasteiger partial charge in [-0.25, -0.2) is 4.79 Å². The molecule has 0 saturated carbocycles. The van der Waals surface area contributed by atoms with E-state index in [-0.39, 0.29) is 6.29 Å². The van der Waals surface area contributed by atoms with Gasteiger partial charge in [-0.2, -0.15) is 5.10 Å². The van der Waals surface area contributed by atoms with Gasteiger partial charge in [0.25, 0.3) is 0 Å². The molecule has 5 N–H and O–H groups in total. The van der Waals surface area contributed by atoms with Crippen LogP contribution in [0.2, 0.25) is 0 Å². The van der Waals surface area contributed by atoms with E-state index >= 15 is 0 Å². The molecule has 2 atom stereocenters. The first-order valence-electron chi connectivity index (χ1n) is 7.93. The van der Waals surface area contributed by atoms with Gasteiger partial charge in [-0.3, -0.25) is 14.5 Å². The summed E-state index contributed by atoms with van der Waals surface area (Å²) in [5.41, 5.74) is 3.58. The van der Waals surface area contributed by atoms with Crippen molar-refractivity contribution >= 4 is 24.3 Å². The molecular formula is C17H22N4O4. The molecule has 0 aliphatic carbocycles. The first-order valence-corrected chi connectivity index (χ1v) is 7.93. The van der Waals surface area contributed by atoms with E-state index in [4.69, 9.17) is 11.6 Å². The lowest BCUT2D eigenvalue weighted by atomic mass is 9.70. The lowest BCUT2D eigenvalue weighted by Crippen LogP contribution is -2.72. The van der Waals surface area contributed by atoms with Crippen molar-refractivity contribution in [3.05, 3.63) is 35.4 Å². The summed E-state index contributed by atoms with van der Waals surface area (Å²) in [5.74, 6) is 2.43. The van der Waals surface area contributed by atoms with Gasteiger partial charge in [0.05, 0.1) is 11.8 Å². The van der Waals surface area contributed by atoms with Gasteiger partial charge in [0, 0.05) is 0 Å². The number of Topliss-reactive ketones (excluding diaryl/α,β-unsaturated/α-hetero) is 1. The van der Waals surface area contributed by atoms with Gasteiger partial charge < -0.3 is 16.7 Å². The molecule has 8 heteroatoms. The first-order chi connectivity index (χ1) is 11.8. The van der Waals surface area contributed by atoms with Crippen LogP contribution in [0.3, 0.4) is 0 Å². The largest absolute Gasteiger partial charge is 0.479 e. The van der Waals surface area contributed by atoms with E-state index in [1.54, 1.807) is 31.2 Å². The van der Waals surface area contributed by atoms with Crippen molar-refractivity contribution in [1.29, 1.82) is 0 Å². The Labute approximate surface area is 145 Å². The second-order valence-electron chi connectivity index (χ2n) is 6.26. The van der Waals surface area contributed by atoms with Crippen molar-refractivity contribution < 1.29 is 19.5 Å². The molecule has 1 aliphatic rings. The van der Waals surface area contributed by atoms with Gasteiger partial charge in [0.1, 0.15) is 0 Å². The molecule has 1 saturated heterocycles. The van der Waals surface area contributed by atoms with Crippen LogP contribution in [-0.4, -0.2) is 52.9 Å². The van der Waals surface area contributed by atoms with Crippen LogP contribution in [0.25, 0.3) is 0 Å². The van der Waals surface area contributed by atoms with E-state index in [0.29, 0.717) is 18.7 Å². The standard InChI is InChI=1S/C17H22N4O4/c1-16(21-8-2-3-9-21,17(18,15(24)25)14(23)11-22)13-6-4-12(5-7-13)10-20-19/h4-7,10-11H,2-3,8-9,18-19H2,1H3,(H,24,25). The zero-order valence-corrected chi connectivity index (χ0v) is 14.0. The topological polar surface area (TPSA) is 139 Å². The van der Waals surface area contributed by atoms with E-state index < -0.39 is 22.8 Å². The van der Waals surface area contributed by atoms with Crippen LogP contribution >= 0.6 is 0 Å². The van der Waals surface area contributed by atoms with E-state index in [2.05, 4.69) is 5.10 Å². The fraction of sp³-hybridized carbons (Fsp3) is 0.412. The van der Waals surface area contributed by atoms with Gasteiger partial charge in [-0.05, 0) is 44.0 Å². The zero-order valence-electron chi connectivity index (χ0n) is 14.0. The van der Waals surface area contributed by atoms with Crippen LogP contribution in [0.5, 0.6) is 0 Å². The molecule has 134 valence electrons. The molecule has 25 heavy (non-hydrogen) atoms. The number of nitrogens with zero attached hydrogens (tertiary/aromatic N) is 2. The molecule has 1 heterocycles. The predicted octanol–water partition coefficient (Wildman–Crippen LogP) is -0.160. The van der Waals surface area contributed by atoms with Crippen LogP contribution in [-0.2, 0) is 19.9 Å². The Hall–Kier alpha value is -2.58. The predicted molar refractivity (Wildman–Crippen MR) is 92.0 cm³/mol. The average molecular weight is 346 g/mol. The van der Waals surface area contributed by atoms with Crippen molar-refractivity contribution in [2.45, 2.75) is 30.8 Å². The molecule has 0 amide bonds. The fourth-order valence-corrected chi connectivity index (χ4v) is 3.45. The van der Waals surface area contributed by atoms with Crippen molar-refractivity contribution in [3.63, 3.8) is 0 Å². The Morgan fingerprint density at radius 1 is 1.24 bits per heavy atom. The third-order valence-corrected chi connectivity index (χ3v) is 5.04. The first kappa shape index (κ1) is 18.8. The summed E-state index contributed by atoms with van der Waals surface area (Å²) >= 11 is 0. The summed E-state index contributed by atoms with van der Waals surface area (Å²) in [6.45, 7) is 2.77. The van der Waals surface area contributed by atoms with Crippen LogP contribution in [0, 0.1) is 0 Å². The minimum absolute atomic E-state index is 0.0160. The van der Waals surface area contributed by atoms with E-state index in [1.165, 1.54) is 6.21 Å². The van der Waals surface area contributed by atoms with Crippen LogP contribution < -0.4 is 11.6 Å². The van der Waals surface area contributed by atoms with Crippen LogP contribution in [0.1, 0.15) is 30.9 Å². The van der Waals surface area contributed by atoms with Crippen molar-refractivity contribution in [1.82, 2.24) is 4.90 Å². The Bertz CT molecular complexity index is 697. The molecule has 0 radical (unpaired) electrons. The van der Waals surface area contributed by atoms with Gasteiger partial charge >= 0.3 is 5.97 Å². The average Bonchev–Trinajstić information content (AvgIpc) is 3.15. The maximum atomic E-state index is 12.3. The Balaban J connectivity index is 2.66. The maximum absolute atomic E-state index is 12.3. The molecular weight excluding hydrogens is 324 g/mol. The third-order valence-electron chi connectivity index (χ3n) is 5.04. The number of ketones is 1. The van der Waals surface area contributed by atoms with Crippen molar-refractivity contribution in [2.75, 3.05) is 13.1 Å². The molecule has 2 unspecified atom stereocenters. The summed E-state index contributed by atoms with van der Waals surface area (Å²) in [5, 5.41) is 13.2. The van der Waals surface area contributed by atoms with Crippen LogP contribution in [0.4, 0.5) is 0 Å². The number of aliphatic carboxylic acids is 1. The number of carbonyl (C=O) groups excluding carboxylic acids is 2. The van der Waals surface area contributed by atoms with Crippen LogP contribution in [0.15, 0.2) is 29.4 Å². The second-order valence-corrected chi connectivity index (χ2v) is 6.26. The number of carbonyl (C=O) groups is 3. The lowest BCUT2D eigenvalue weighted by Gasteiger charge is -2.47. The number of aldehydes is 1. The van der Waals surface area contributed by atoms with E-state index in [1.807, 2.05) is 4.90 Å². The number of hydrazone groups is 1. The fourth-order valence-electron chi connectivity index (χ4n) is 3.45. The lowest BCUT2D eigenvalue weighted by molar-refractivity contribution is -0.158. The molecule has 1 fully saturated rings. The Kier molecular flexibility index (Phi) is 5.34.